The zero-order chi connectivity index (χ0) is 20.5. The van der Waals surface area contributed by atoms with Crippen molar-refractivity contribution in [2.24, 2.45) is 4.99 Å². The highest BCUT2D eigenvalue weighted by molar-refractivity contribution is 14.0. The van der Waals surface area contributed by atoms with Gasteiger partial charge in [0.15, 0.2) is 5.96 Å². The quantitative estimate of drug-likeness (QED) is 0.293. The molecule has 170 valence electrons. The molecule has 7 heteroatoms. The van der Waals surface area contributed by atoms with Gasteiger partial charge >= 0.3 is 0 Å². The monoisotopic (exact) mass is 529 g/mol. The molecule has 0 saturated carbocycles. The molecule has 0 radical (unpaired) electrons. The number of nitrogens with one attached hydrogen (secondary N) is 2. The Morgan fingerprint density at radius 1 is 1.20 bits per heavy atom. The van der Waals surface area contributed by atoms with Crippen molar-refractivity contribution in [1.29, 1.82) is 0 Å². The Morgan fingerprint density at radius 2 is 1.97 bits per heavy atom. The molecule has 30 heavy (non-hydrogen) atoms. The van der Waals surface area contributed by atoms with Crippen LogP contribution in [0.3, 0.4) is 0 Å². The lowest BCUT2D eigenvalue weighted by molar-refractivity contribution is -0.0453. The number of ether oxygens (including phenoxy) is 1. The lowest BCUT2D eigenvalue weighted by Crippen LogP contribution is -2.51. The lowest BCUT2D eigenvalue weighted by atomic mass is 10.1. The third kappa shape index (κ3) is 7.07. The number of rotatable bonds is 9. The molecule has 3 unspecified atom stereocenters. The van der Waals surface area contributed by atoms with E-state index in [0.717, 1.165) is 51.8 Å². The van der Waals surface area contributed by atoms with Crippen LogP contribution in [-0.2, 0) is 4.74 Å². The zero-order valence-corrected chi connectivity index (χ0v) is 21.2. The van der Waals surface area contributed by atoms with Crippen molar-refractivity contribution < 1.29 is 4.74 Å². The summed E-state index contributed by atoms with van der Waals surface area (Å²) in [6.45, 7) is 14.1. The summed E-state index contributed by atoms with van der Waals surface area (Å²) in [7, 11) is 0. The topological polar surface area (TPSA) is 52.1 Å². The number of hydrogen-bond acceptors (Lipinski definition) is 4. The van der Waals surface area contributed by atoms with Crippen LogP contribution in [0.4, 0.5) is 0 Å². The molecule has 2 N–H and O–H groups in total. The van der Waals surface area contributed by atoms with Crippen molar-refractivity contribution >= 4 is 29.9 Å². The van der Waals surface area contributed by atoms with Crippen LogP contribution in [0, 0.1) is 0 Å². The molecule has 0 amide bonds. The molecule has 2 fully saturated rings. The minimum Gasteiger partial charge on any atom is -0.373 e. The van der Waals surface area contributed by atoms with Crippen LogP contribution in [-0.4, -0.2) is 80.3 Å². The molecule has 2 aliphatic heterocycles. The summed E-state index contributed by atoms with van der Waals surface area (Å²) in [6.07, 6.45) is 2.84. The van der Waals surface area contributed by atoms with E-state index in [4.69, 9.17) is 9.73 Å². The van der Waals surface area contributed by atoms with Crippen LogP contribution in [0.25, 0.3) is 0 Å². The van der Waals surface area contributed by atoms with Crippen molar-refractivity contribution in [3.8, 4) is 0 Å². The molecular formula is C23H40IN5O. The average Bonchev–Trinajstić information content (AvgIpc) is 3.23. The molecule has 2 saturated heterocycles. The molecule has 3 atom stereocenters. The fraction of sp³-hybridized carbons (Fsp3) is 0.696. The molecular weight excluding hydrogens is 489 g/mol. The average molecular weight is 530 g/mol. The van der Waals surface area contributed by atoms with Gasteiger partial charge in [-0.05, 0) is 45.0 Å². The molecule has 1 aromatic rings. The van der Waals surface area contributed by atoms with Crippen molar-refractivity contribution in [3.63, 3.8) is 0 Å². The maximum atomic E-state index is 6.09. The van der Waals surface area contributed by atoms with Gasteiger partial charge in [-0.3, -0.25) is 14.8 Å². The summed E-state index contributed by atoms with van der Waals surface area (Å²) in [5.41, 5.74) is 1.33. The van der Waals surface area contributed by atoms with Gasteiger partial charge < -0.3 is 15.4 Å². The summed E-state index contributed by atoms with van der Waals surface area (Å²) in [4.78, 5) is 10.0. The van der Waals surface area contributed by atoms with Gasteiger partial charge in [-0.1, -0.05) is 44.2 Å². The van der Waals surface area contributed by atoms with Gasteiger partial charge in [0.05, 0.1) is 25.3 Å². The minimum absolute atomic E-state index is 0. The van der Waals surface area contributed by atoms with Gasteiger partial charge in [0.1, 0.15) is 0 Å². The molecule has 2 aliphatic rings. The number of nitrogens with zero attached hydrogens (tertiary/aromatic N) is 3. The largest absolute Gasteiger partial charge is 0.373 e. The normalized spacial score (nSPS) is 23.0. The van der Waals surface area contributed by atoms with Gasteiger partial charge in [-0.25, -0.2) is 0 Å². The van der Waals surface area contributed by atoms with Crippen LogP contribution >= 0.6 is 24.0 Å². The Morgan fingerprint density at radius 3 is 2.67 bits per heavy atom. The summed E-state index contributed by atoms with van der Waals surface area (Å²) in [5, 5.41) is 6.92. The first-order chi connectivity index (χ1) is 14.2. The summed E-state index contributed by atoms with van der Waals surface area (Å²) in [5.74, 6) is 0.882. The Balaban J connectivity index is 0.00000320. The predicted octanol–water partition coefficient (Wildman–Crippen LogP) is 3.11. The van der Waals surface area contributed by atoms with Gasteiger partial charge in [0, 0.05) is 25.7 Å². The van der Waals surface area contributed by atoms with E-state index in [1.807, 2.05) is 0 Å². The van der Waals surface area contributed by atoms with Crippen LogP contribution in [0.2, 0.25) is 0 Å². The second kappa shape index (κ2) is 13.5. The summed E-state index contributed by atoms with van der Waals surface area (Å²) < 4.78 is 6.09. The maximum absolute atomic E-state index is 6.09. The van der Waals surface area contributed by atoms with E-state index in [1.165, 1.54) is 24.9 Å². The molecule has 0 aromatic heterocycles. The molecule has 6 nitrogen and oxygen atoms in total. The fourth-order valence-electron chi connectivity index (χ4n) is 4.51. The first kappa shape index (κ1) is 25.4. The van der Waals surface area contributed by atoms with E-state index >= 15 is 0 Å². The van der Waals surface area contributed by atoms with Crippen LogP contribution in [0.15, 0.2) is 35.3 Å². The molecule has 2 heterocycles. The number of hydrogen-bond donors (Lipinski definition) is 2. The van der Waals surface area contributed by atoms with Crippen LogP contribution < -0.4 is 10.6 Å². The molecule has 0 spiro atoms. The van der Waals surface area contributed by atoms with Crippen molar-refractivity contribution in [2.75, 3.05) is 52.4 Å². The summed E-state index contributed by atoms with van der Waals surface area (Å²) >= 11 is 0. The highest BCUT2D eigenvalue weighted by Gasteiger charge is 2.32. The third-order valence-corrected chi connectivity index (χ3v) is 6.16. The molecule has 3 rings (SSSR count). The lowest BCUT2D eigenvalue weighted by Gasteiger charge is -2.35. The fourth-order valence-corrected chi connectivity index (χ4v) is 4.51. The maximum Gasteiger partial charge on any atom is 0.191 e. The van der Waals surface area contributed by atoms with Crippen molar-refractivity contribution in [1.82, 2.24) is 20.4 Å². The standard InChI is InChI=1S/C23H39N5O.HI/c1-4-24-23(25-15-21-17-28-14-10-13-20(28)18-29-21)26-16-22(27(5-2)6-3)19-11-8-7-9-12-19;/h7-9,11-12,20-22H,4-6,10,13-18H2,1-3H3,(H2,24,25,26);1H. The summed E-state index contributed by atoms with van der Waals surface area (Å²) in [6, 6.07) is 11.7. The number of benzene rings is 1. The van der Waals surface area contributed by atoms with Gasteiger partial charge in [-0.2, -0.15) is 0 Å². The number of morpholine rings is 1. The highest BCUT2D eigenvalue weighted by atomic mass is 127. The zero-order valence-electron chi connectivity index (χ0n) is 18.8. The Hall–Kier alpha value is -0.900. The Bertz CT molecular complexity index is 625. The minimum atomic E-state index is 0. The van der Waals surface area contributed by atoms with E-state index in [1.54, 1.807) is 0 Å². The number of aliphatic imine (C=N–C) groups is 1. The number of fused-ring (bicyclic) bond motifs is 1. The van der Waals surface area contributed by atoms with Crippen molar-refractivity contribution in [2.45, 2.75) is 51.8 Å². The van der Waals surface area contributed by atoms with E-state index in [-0.39, 0.29) is 36.1 Å². The van der Waals surface area contributed by atoms with Gasteiger partial charge in [0.25, 0.3) is 0 Å². The Labute approximate surface area is 199 Å². The number of likely N-dealkylation sites (N-methyl/N-ethyl adjacent to an activating group) is 1. The van der Waals surface area contributed by atoms with Crippen LogP contribution in [0.5, 0.6) is 0 Å². The van der Waals surface area contributed by atoms with E-state index < -0.39 is 0 Å². The van der Waals surface area contributed by atoms with Crippen molar-refractivity contribution in [3.05, 3.63) is 35.9 Å². The van der Waals surface area contributed by atoms with E-state index in [9.17, 15) is 0 Å². The van der Waals surface area contributed by atoms with E-state index in [0.29, 0.717) is 6.04 Å². The number of halogens is 1. The molecule has 0 bridgehead atoms. The predicted molar refractivity (Wildman–Crippen MR) is 136 cm³/mol. The molecule has 0 aliphatic carbocycles. The first-order valence-electron chi connectivity index (χ1n) is 11.4. The van der Waals surface area contributed by atoms with Gasteiger partial charge in [0.2, 0.25) is 0 Å². The van der Waals surface area contributed by atoms with Gasteiger partial charge in [-0.15, -0.1) is 24.0 Å². The van der Waals surface area contributed by atoms with E-state index in [2.05, 4.69) is 71.5 Å². The third-order valence-electron chi connectivity index (χ3n) is 6.16. The second-order valence-electron chi connectivity index (χ2n) is 7.99. The molecule has 1 aromatic carbocycles. The second-order valence-corrected chi connectivity index (χ2v) is 7.99. The smallest absolute Gasteiger partial charge is 0.191 e. The van der Waals surface area contributed by atoms with Crippen LogP contribution in [0.1, 0.15) is 45.2 Å². The number of guanidine groups is 1. The Kier molecular flexibility index (Phi) is 11.4. The SMILES string of the molecule is CCNC(=NCC(c1ccccc1)N(CC)CC)NCC1CN2CCCC2CO1.I. The highest BCUT2D eigenvalue weighted by Crippen LogP contribution is 2.22. The first-order valence-corrected chi connectivity index (χ1v) is 11.4.